The van der Waals surface area contributed by atoms with Crippen LogP contribution in [0.2, 0.25) is 0 Å². The van der Waals surface area contributed by atoms with Gasteiger partial charge in [0.05, 0.1) is 24.5 Å². The lowest BCUT2D eigenvalue weighted by Crippen LogP contribution is -2.43. The van der Waals surface area contributed by atoms with Crippen molar-refractivity contribution in [2.24, 2.45) is 0 Å². The van der Waals surface area contributed by atoms with E-state index in [4.69, 9.17) is 4.74 Å². The highest BCUT2D eigenvalue weighted by Crippen LogP contribution is 2.28. The Balaban J connectivity index is 1.26. The molecule has 2 amide bonds. The molecular weight excluding hydrogens is 427 g/mol. The van der Waals surface area contributed by atoms with Crippen LogP contribution in [0.1, 0.15) is 23.2 Å². The number of carbonyl (C=O) groups is 3. The summed E-state index contributed by atoms with van der Waals surface area (Å²) in [4.78, 5) is 39.9. The second-order valence-electron chi connectivity index (χ2n) is 8.08. The van der Waals surface area contributed by atoms with Gasteiger partial charge in [-0.3, -0.25) is 14.5 Å². The topological polar surface area (TPSA) is 91.0 Å². The van der Waals surface area contributed by atoms with Crippen molar-refractivity contribution in [2.75, 3.05) is 49.1 Å². The summed E-state index contributed by atoms with van der Waals surface area (Å²) in [6.45, 7) is 3.37. The number of rotatable bonds is 8. The minimum absolute atomic E-state index is 0.0524. The summed E-state index contributed by atoms with van der Waals surface area (Å²) in [6.07, 6.45) is -0.980. The number of nitrogens with one attached hydrogen (secondary N) is 2. The summed E-state index contributed by atoms with van der Waals surface area (Å²) in [5.41, 5.74) is 1.50. The maximum Gasteiger partial charge on any atom is 0.414 e. The molecule has 0 unspecified atom stereocenters. The summed E-state index contributed by atoms with van der Waals surface area (Å²) < 4.78 is 20.0. The van der Waals surface area contributed by atoms with Crippen LogP contribution < -0.4 is 20.4 Å². The number of Topliss-reactive ketones (excluding diaryl/α,β-unsaturated/α-hetero) is 1. The van der Waals surface area contributed by atoms with Crippen LogP contribution in [0.4, 0.5) is 20.6 Å². The molecule has 2 aromatic carbocycles. The third-order valence-electron chi connectivity index (χ3n) is 5.78. The number of halogens is 1. The number of cyclic esters (lactones) is 1. The van der Waals surface area contributed by atoms with Crippen LogP contribution in [0.5, 0.6) is 0 Å². The number of nitrogens with zero attached hydrogens (tertiary/aromatic N) is 2. The van der Waals surface area contributed by atoms with E-state index in [1.165, 1.54) is 11.0 Å². The van der Waals surface area contributed by atoms with Crippen molar-refractivity contribution in [3.05, 3.63) is 59.9 Å². The molecule has 2 heterocycles. The molecule has 2 N–H and O–H groups in total. The number of carbonyl (C=O) groups excluding carboxylic acids is 3. The monoisotopic (exact) mass is 454 g/mol. The second kappa shape index (κ2) is 10.4. The molecule has 2 saturated heterocycles. The second-order valence-corrected chi connectivity index (χ2v) is 8.08. The third kappa shape index (κ3) is 5.67. The zero-order chi connectivity index (χ0) is 23.2. The molecular formula is C24H27FN4O4. The fourth-order valence-corrected chi connectivity index (χ4v) is 3.98. The van der Waals surface area contributed by atoms with Crippen LogP contribution in [0.25, 0.3) is 0 Å². The molecule has 0 saturated carbocycles. The van der Waals surface area contributed by atoms with Crippen LogP contribution in [-0.2, 0) is 9.53 Å². The predicted octanol–water partition coefficient (Wildman–Crippen LogP) is 2.34. The van der Waals surface area contributed by atoms with Crippen LogP contribution in [0, 0.1) is 5.82 Å². The van der Waals surface area contributed by atoms with E-state index in [9.17, 15) is 18.8 Å². The molecule has 0 aromatic heterocycles. The summed E-state index contributed by atoms with van der Waals surface area (Å²) in [7, 11) is 0. The van der Waals surface area contributed by atoms with Gasteiger partial charge in [-0.2, -0.15) is 0 Å². The summed E-state index contributed by atoms with van der Waals surface area (Å²) in [6, 6.07) is 13.5. The molecule has 2 aliphatic rings. The Morgan fingerprint density at radius 2 is 1.85 bits per heavy atom. The largest absolute Gasteiger partial charge is 0.442 e. The van der Waals surface area contributed by atoms with E-state index in [1.807, 2.05) is 11.0 Å². The van der Waals surface area contributed by atoms with Gasteiger partial charge in [0, 0.05) is 44.6 Å². The smallest absolute Gasteiger partial charge is 0.414 e. The zero-order valence-electron chi connectivity index (χ0n) is 18.3. The Labute approximate surface area is 191 Å². The Hall–Kier alpha value is -3.46. The highest BCUT2D eigenvalue weighted by atomic mass is 19.1. The molecule has 0 aliphatic carbocycles. The average Bonchev–Trinajstić information content (AvgIpc) is 3.22. The molecule has 0 radical (unpaired) electrons. The van der Waals surface area contributed by atoms with Crippen LogP contribution in [0.15, 0.2) is 48.5 Å². The first-order chi connectivity index (χ1) is 16.0. The lowest BCUT2D eigenvalue weighted by atomic mass is 10.1. The number of ether oxygens (including phenoxy) is 1. The van der Waals surface area contributed by atoms with E-state index < -0.39 is 12.2 Å². The molecule has 2 aromatic rings. The SMILES string of the molecule is O=C(CCC(=O)c1ccccc1)NC[C@H]1CN(c2ccc(N3CCNCC3)c(F)c2)C(=O)O1. The first kappa shape index (κ1) is 22.7. The Kier molecular flexibility index (Phi) is 7.19. The zero-order valence-corrected chi connectivity index (χ0v) is 18.3. The maximum atomic E-state index is 14.7. The lowest BCUT2D eigenvalue weighted by molar-refractivity contribution is -0.121. The molecule has 9 heteroatoms. The number of hydrogen-bond acceptors (Lipinski definition) is 6. The molecule has 2 fully saturated rings. The highest BCUT2D eigenvalue weighted by molar-refractivity contribution is 5.98. The minimum atomic E-state index is -0.581. The molecule has 2 aliphatic heterocycles. The summed E-state index contributed by atoms with van der Waals surface area (Å²) >= 11 is 0. The maximum absolute atomic E-state index is 14.7. The van der Waals surface area contributed by atoms with Crippen LogP contribution >= 0.6 is 0 Å². The Morgan fingerprint density at radius 1 is 1.09 bits per heavy atom. The number of hydrogen-bond donors (Lipinski definition) is 2. The summed E-state index contributed by atoms with van der Waals surface area (Å²) in [5.74, 6) is -0.780. The van der Waals surface area contributed by atoms with Gasteiger partial charge >= 0.3 is 6.09 Å². The van der Waals surface area contributed by atoms with Crippen molar-refractivity contribution < 1.29 is 23.5 Å². The molecule has 0 spiro atoms. The highest BCUT2D eigenvalue weighted by Gasteiger charge is 2.33. The first-order valence-corrected chi connectivity index (χ1v) is 11.1. The van der Waals surface area contributed by atoms with Crippen molar-refractivity contribution in [3.63, 3.8) is 0 Å². The molecule has 8 nitrogen and oxygen atoms in total. The Morgan fingerprint density at radius 3 is 2.58 bits per heavy atom. The predicted molar refractivity (Wildman–Crippen MR) is 122 cm³/mol. The van der Waals surface area contributed by atoms with Gasteiger partial charge in [0.2, 0.25) is 5.91 Å². The average molecular weight is 455 g/mol. The van der Waals surface area contributed by atoms with Crippen molar-refractivity contribution >= 4 is 29.2 Å². The van der Waals surface area contributed by atoms with Gasteiger partial charge in [0.15, 0.2) is 5.78 Å². The minimum Gasteiger partial charge on any atom is -0.442 e. The van der Waals surface area contributed by atoms with E-state index in [2.05, 4.69) is 10.6 Å². The lowest BCUT2D eigenvalue weighted by Gasteiger charge is -2.30. The number of ketones is 1. The summed E-state index contributed by atoms with van der Waals surface area (Å²) in [5, 5.41) is 5.94. The molecule has 174 valence electrons. The molecule has 33 heavy (non-hydrogen) atoms. The van der Waals surface area contributed by atoms with Crippen molar-refractivity contribution in [2.45, 2.75) is 18.9 Å². The van der Waals surface area contributed by atoms with E-state index in [1.54, 1.807) is 36.4 Å². The van der Waals surface area contributed by atoms with Gasteiger partial charge in [-0.1, -0.05) is 30.3 Å². The fraction of sp³-hybridized carbons (Fsp3) is 0.375. The molecule has 4 rings (SSSR count). The van der Waals surface area contributed by atoms with Gasteiger partial charge in [-0.25, -0.2) is 9.18 Å². The number of amides is 2. The number of piperazine rings is 1. The van der Waals surface area contributed by atoms with Gasteiger partial charge < -0.3 is 20.3 Å². The number of anilines is 2. The molecule has 0 bridgehead atoms. The van der Waals surface area contributed by atoms with Crippen molar-refractivity contribution in [1.82, 2.24) is 10.6 Å². The van der Waals surface area contributed by atoms with Crippen LogP contribution in [0.3, 0.4) is 0 Å². The third-order valence-corrected chi connectivity index (χ3v) is 5.78. The van der Waals surface area contributed by atoms with Gasteiger partial charge in [-0.15, -0.1) is 0 Å². The normalized spacial score (nSPS) is 18.2. The van der Waals surface area contributed by atoms with E-state index in [0.29, 0.717) is 16.9 Å². The van der Waals surface area contributed by atoms with Crippen molar-refractivity contribution in [1.29, 1.82) is 0 Å². The Bertz CT molecular complexity index is 1010. The van der Waals surface area contributed by atoms with Gasteiger partial charge in [-0.05, 0) is 18.2 Å². The number of benzene rings is 2. The fourth-order valence-electron chi connectivity index (χ4n) is 3.98. The van der Waals surface area contributed by atoms with Crippen molar-refractivity contribution in [3.8, 4) is 0 Å². The van der Waals surface area contributed by atoms with E-state index in [0.717, 1.165) is 26.2 Å². The first-order valence-electron chi connectivity index (χ1n) is 11.1. The van der Waals surface area contributed by atoms with Gasteiger partial charge in [0.25, 0.3) is 0 Å². The van der Waals surface area contributed by atoms with Gasteiger partial charge in [0.1, 0.15) is 11.9 Å². The van der Waals surface area contributed by atoms with Crippen LogP contribution in [-0.4, -0.2) is 63.2 Å². The van der Waals surface area contributed by atoms with E-state index in [-0.39, 0.29) is 43.4 Å². The quantitative estimate of drug-likeness (QED) is 0.595. The molecule has 1 atom stereocenters. The standard InChI is InChI=1S/C24H27FN4O4/c25-20-14-18(6-7-21(20)28-12-10-26-11-13-28)29-16-19(33-24(29)32)15-27-23(31)9-8-22(30)17-4-2-1-3-5-17/h1-7,14,19,26H,8-13,15-16H2,(H,27,31)/t19-/m0/s1. The van der Waals surface area contributed by atoms with E-state index >= 15 is 0 Å².